The van der Waals surface area contributed by atoms with Crippen molar-refractivity contribution in [3.8, 4) is 0 Å². The van der Waals surface area contributed by atoms with Crippen molar-refractivity contribution >= 4 is 29.3 Å². The quantitative estimate of drug-likeness (QED) is 0.687. The Morgan fingerprint density at radius 3 is 2.25 bits per heavy atom. The van der Waals surface area contributed by atoms with Gasteiger partial charge in [0.05, 0.1) is 16.8 Å². The molecule has 4 aliphatic rings. The molecule has 3 aliphatic heterocycles. The highest BCUT2D eigenvalue weighted by Gasteiger charge is 2.45. The molecule has 1 atom stereocenters. The fraction of sp³-hybridized carbons (Fsp3) is 0.565. The van der Waals surface area contributed by atoms with E-state index < -0.39 is 35.5 Å². The smallest absolute Gasteiger partial charge is 0.262 e. The van der Waals surface area contributed by atoms with E-state index >= 15 is 0 Å². The Morgan fingerprint density at radius 1 is 0.969 bits per heavy atom. The van der Waals surface area contributed by atoms with Crippen LogP contribution in [0.25, 0.3) is 0 Å². The van der Waals surface area contributed by atoms with Gasteiger partial charge in [0.2, 0.25) is 11.8 Å². The number of rotatable bonds is 4. The fourth-order valence-electron chi connectivity index (χ4n) is 5.38. The van der Waals surface area contributed by atoms with E-state index in [2.05, 4.69) is 17.6 Å². The molecule has 170 valence electrons. The summed E-state index contributed by atoms with van der Waals surface area (Å²) >= 11 is 0. The molecule has 1 unspecified atom stereocenters. The first-order chi connectivity index (χ1) is 15.3. The zero-order chi connectivity index (χ0) is 22.6. The molecular weight excluding hydrogens is 415 g/mol. The van der Waals surface area contributed by atoms with Crippen molar-refractivity contribution in [2.75, 3.05) is 18.0 Å². The number of hydrogen-bond donors (Lipinski definition) is 2. The van der Waals surface area contributed by atoms with Crippen molar-refractivity contribution in [3.05, 3.63) is 29.1 Å². The van der Waals surface area contributed by atoms with Gasteiger partial charge in [-0.3, -0.25) is 29.4 Å². The van der Waals surface area contributed by atoms with E-state index in [0.717, 1.165) is 29.7 Å². The number of benzene rings is 1. The third-order valence-electron chi connectivity index (χ3n) is 7.19. The average molecular weight is 442 g/mol. The summed E-state index contributed by atoms with van der Waals surface area (Å²) < 4.78 is 15.0. The number of carbonyl (C=O) groups is 4. The number of amides is 4. The number of nitrogens with zero attached hydrogens (tertiary/aromatic N) is 2. The third-order valence-corrected chi connectivity index (χ3v) is 7.19. The molecule has 1 aromatic rings. The zero-order valence-electron chi connectivity index (χ0n) is 18.0. The van der Waals surface area contributed by atoms with Gasteiger partial charge in [0.1, 0.15) is 11.9 Å². The Labute approximate surface area is 185 Å². The molecule has 1 aromatic carbocycles. The number of anilines is 1. The Morgan fingerprint density at radius 2 is 1.62 bits per heavy atom. The minimum atomic E-state index is -1.05. The SMILES string of the molecule is CC1CC(NC2CCN(c3cc4c(cc3F)C(=O)N(C3CCC(=O)NC3=O)C4=O)CC2)C1. The third kappa shape index (κ3) is 3.58. The summed E-state index contributed by atoms with van der Waals surface area (Å²) in [7, 11) is 0. The Bertz CT molecular complexity index is 998. The molecule has 2 saturated heterocycles. The topological polar surface area (TPSA) is 98.8 Å². The van der Waals surface area contributed by atoms with Crippen LogP contribution in [0.1, 0.15) is 66.2 Å². The lowest BCUT2D eigenvalue weighted by Gasteiger charge is -2.40. The lowest BCUT2D eigenvalue weighted by Crippen LogP contribution is -2.54. The molecule has 3 heterocycles. The Kier molecular flexibility index (Phi) is 5.23. The van der Waals surface area contributed by atoms with Crippen molar-refractivity contribution in [1.82, 2.24) is 15.5 Å². The van der Waals surface area contributed by atoms with Gasteiger partial charge in [0.15, 0.2) is 0 Å². The molecule has 8 nitrogen and oxygen atoms in total. The van der Waals surface area contributed by atoms with Gasteiger partial charge in [0.25, 0.3) is 11.8 Å². The predicted octanol–water partition coefficient (Wildman–Crippen LogP) is 1.58. The lowest BCUT2D eigenvalue weighted by molar-refractivity contribution is -0.136. The molecule has 0 radical (unpaired) electrons. The van der Waals surface area contributed by atoms with Crippen LogP contribution >= 0.6 is 0 Å². The monoisotopic (exact) mass is 442 g/mol. The van der Waals surface area contributed by atoms with Crippen LogP contribution in [0.2, 0.25) is 0 Å². The summed E-state index contributed by atoms with van der Waals surface area (Å²) in [6, 6.07) is 2.49. The van der Waals surface area contributed by atoms with E-state index in [-0.39, 0.29) is 24.0 Å². The Balaban J connectivity index is 1.30. The van der Waals surface area contributed by atoms with Crippen LogP contribution < -0.4 is 15.5 Å². The molecule has 0 bridgehead atoms. The van der Waals surface area contributed by atoms with E-state index in [9.17, 15) is 23.6 Å². The van der Waals surface area contributed by atoms with Crippen LogP contribution in [-0.2, 0) is 9.59 Å². The van der Waals surface area contributed by atoms with Gasteiger partial charge in [-0.05, 0) is 50.2 Å². The van der Waals surface area contributed by atoms with E-state index in [0.29, 0.717) is 30.9 Å². The number of nitrogens with one attached hydrogen (secondary N) is 2. The van der Waals surface area contributed by atoms with Crippen molar-refractivity contribution in [2.45, 2.75) is 63.6 Å². The first-order valence-corrected chi connectivity index (χ1v) is 11.4. The standard InChI is InChI=1S/C23H27FN4O4/c1-12-8-14(9-12)25-13-4-6-27(7-5-13)19-11-16-15(10-17(19)24)22(31)28(23(16)32)18-2-3-20(29)26-21(18)30/h10-14,18,25H,2-9H2,1H3,(H,26,29,30). The summed E-state index contributed by atoms with van der Waals surface area (Å²) in [6.07, 6.45) is 4.31. The predicted molar refractivity (Wildman–Crippen MR) is 114 cm³/mol. The zero-order valence-corrected chi connectivity index (χ0v) is 18.0. The largest absolute Gasteiger partial charge is 0.369 e. The highest BCUT2D eigenvalue weighted by Crippen LogP contribution is 2.34. The molecule has 32 heavy (non-hydrogen) atoms. The van der Waals surface area contributed by atoms with Crippen LogP contribution in [0.15, 0.2) is 12.1 Å². The van der Waals surface area contributed by atoms with E-state index in [1.807, 2.05) is 4.90 Å². The maximum atomic E-state index is 15.0. The summed E-state index contributed by atoms with van der Waals surface area (Å²) in [4.78, 5) is 52.2. The van der Waals surface area contributed by atoms with Gasteiger partial charge >= 0.3 is 0 Å². The van der Waals surface area contributed by atoms with Crippen molar-refractivity contribution < 1.29 is 23.6 Å². The highest BCUT2D eigenvalue weighted by molar-refractivity contribution is 6.23. The van der Waals surface area contributed by atoms with Crippen molar-refractivity contribution in [3.63, 3.8) is 0 Å². The molecule has 0 aromatic heterocycles. The van der Waals surface area contributed by atoms with E-state index in [1.165, 1.54) is 18.9 Å². The summed E-state index contributed by atoms with van der Waals surface area (Å²) in [5, 5.41) is 5.85. The molecule has 4 amide bonds. The minimum Gasteiger partial charge on any atom is -0.369 e. The molecule has 0 spiro atoms. The second-order valence-corrected chi connectivity index (χ2v) is 9.50. The lowest BCUT2D eigenvalue weighted by atomic mass is 9.81. The normalized spacial score (nSPS) is 28.6. The number of piperidine rings is 2. The Hall–Kier alpha value is -2.81. The second-order valence-electron chi connectivity index (χ2n) is 9.50. The van der Waals surface area contributed by atoms with Gasteiger partial charge in [-0.25, -0.2) is 4.39 Å². The maximum absolute atomic E-state index is 15.0. The van der Waals surface area contributed by atoms with Crippen molar-refractivity contribution in [1.29, 1.82) is 0 Å². The van der Waals surface area contributed by atoms with Gasteiger partial charge in [-0.1, -0.05) is 6.92 Å². The van der Waals surface area contributed by atoms with Crippen LogP contribution in [0.5, 0.6) is 0 Å². The first-order valence-electron chi connectivity index (χ1n) is 11.4. The van der Waals surface area contributed by atoms with Gasteiger partial charge < -0.3 is 10.2 Å². The summed E-state index contributed by atoms with van der Waals surface area (Å²) in [5.41, 5.74) is 0.391. The molecule has 3 fully saturated rings. The summed E-state index contributed by atoms with van der Waals surface area (Å²) in [5.74, 6) is -2.17. The van der Waals surface area contributed by atoms with Crippen LogP contribution in [0.4, 0.5) is 10.1 Å². The van der Waals surface area contributed by atoms with Crippen LogP contribution in [0, 0.1) is 11.7 Å². The van der Waals surface area contributed by atoms with E-state index in [4.69, 9.17) is 0 Å². The van der Waals surface area contributed by atoms with Gasteiger partial charge in [-0.15, -0.1) is 0 Å². The van der Waals surface area contributed by atoms with Gasteiger partial charge in [-0.2, -0.15) is 0 Å². The molecule has 5 rings (SSSR count). The molecule has 2 N–H and O–H groups in total. The average Bonchev–Trinajstić information content (AvgIpc) is 2.97. The maximum Gasteiger partial charge on any atom is 0.262 e. The van der Waals surface area contributed by atoms with E-state index in [1.54, 1.807) is 0 Å². The molecule has 9 heteroatoms. The molecule has 1 aliphatic carbocycles. The summed E-state index contributed by atoms with van der Waals surface area (Å²) in [6.45, 7) is 3.58. The van der Waals surface area contributed by atoms with Crippen LogP contribution in [-0.4, -0.2) is 59.7 Å². The fourth-order valence-corrected chi connectivity index (χ4v) is 5.38. The molecular formula is C23H27FN4O4. The van der Waals surface area contributed by atoms with Crippen molar-refractivity contribution in [2.24, 2.45) is 5.92 Å². The second kappa shape index (κ2) is 7.95. The highest BCUT2D eigenvalue weighted by atomic mass is 19.1. The first kappa shape index (κ1) is 21.1. The van der Waals surface area contributed by atoms with Crippen LogP contribution in [0.3, 0.4) is 0 Å². The molecule has 1 saturated carbocycles. The number of carbonyl (C=O) groups excluding carboxylic acids is 4. The number of halogens is 1. The number of hydrogen-bond acceptors (Lipinski definition) is 6. The minimum absolute atomic E-state index is 0.0309. The number of imide groups is 2. The van der Waals surface area contributed by atoms with Gasteiger partial charge in [0, 0.05) is 31.6 Å². The number of fused-ring (bicyclic) bond motifs is 1.